The Labute approximate surface area is 198 Å². The van der Waals surface area contributed by atoms with E-state index in [-0.39, 0.29) is 35.8 Å². The number of urea groups is 1. The molecule has 8 nitrogen and oxygen atoms in total. The number of rotatable bonds is 5. The number of primary amides is 1. The number of alkyl halides is 1. The highest BCUT2D eigenvalue weighted by Crippen LogP contribution is 2.34. The van der Waals surface area contributed by atoms with E-state index in [1.807, 2.05) is 6.07 Å². The molecule has 1 atom stereocenters. The van der Waals surface area contributed by atoms with Crippen LogP contribution in [0.25, 0.3) is 11.3 Å². The zero-order valence-corrected chi connectivity index (χ0v) is 18.5. The number of nitrogens with zero attached hydrogens (tertiary/aromatic N) is 4. The third-order valence-electron chi connectivity index (χ3n) is 5.56. The minimum atomic E-state index is -0.787. The molecule has 0 saturated carbocycles. The molecule has 3 amide bonds. The summed E-state index contributed by atoms with van der Waals surface area (Å²) < 4.78 is 28.5. The molecule has 1 unspecified atom stereocenters. The number of aromatic nitrogens is 2. The van der Waals surface area contributed by atoms with Gasteiger partial charge in [0.15, 0.2) is 0 Å². The fourth-order valence-corrected chi connectivity index (χ4v) is 4.11. The lowest BCUT2D eigenvalue weighted by Gasteiger charge is -2.34. The normalized spacial score (nSPS) is 14.9. The van der Waals surface area contributed by atoms with Crippen molar-refractivity contribution in [1.29, 1.82) is 5.26 Å². The Morgan fingerprint density at radius 3 is 2.62 bits per heavy atom. The minimum Gasteiger partial charge on any atom is -0.365 e. The van der Waals surface area contributed by atoms with Crippen molar-refractivity contribution >= 4 is 29.2 Å². The highest BCUT2D eigenvalue weighted by molar-refractivity contribution is 6.31. The van der Waals surface area contributed by atoms with Gasteiger partial charge in [-0.2, -0.15) is 10.4 Å². The van der Waals surface area contributed by atoms with Crippen molar-refractivity contribution < 1.29 is 18.4 Å². The van der Waals surface area contributed by atoms with Crippen LogP contribution in [0.4, 0.5) is 19.3 Å². The van der Waals surface area contributed by atoms with Crippen molar-refractivity contribution in [1.82, 2.24) is 14.7 Å². The third kappa shape index (κ3) is 4.43. The number of anilines is 1. The smallest absolute Gasteiger partial charge is 0.322 e. The lowest BCUT2D eigenvalue weighted by Crippen LogP contribution is -2.44. The molecule has 0 spiro atoms. The van der Waals surface area contributed by atoms with Gasteiger partial charge in [-0.05, 0) is 48.9 Å². The molecule has 2 aromatic carbocycles. The summed E-state index contributed by atoms with van der Waals surface area (Å²) in [5.41, 5.74) is 7.54. The molecule has 0 fully saturated rings. The van der Waals surface area contributed by atoms with Gasteiger partial charge >= 0.3 is 6.03 Å². The van der Waals surface area contributed by atoms with Gasteiger partial charge < -0.3 is 16.0 Å². The van der Waals surface area contributed by atoms with Gasteiger partial charge in [0.25, 0.3) is 5.91 Å². The van der Waals surface area contributed by atoms with Crippen LogP contribution >= 0.6 is 11.6 Å². The first-order chi connectivity index (χ1) is 16.3. The van der Waals surface area contributed by atoms with Crippen LogP contribution in [0.1, 0.15) is 34.1 Å². The zero-order chi connectivity index (χ0) is 24.4. The highest BCUT2D eigenvalue weighted by Gasteiger charge is 2.34. The second-order valence-corrected chi connectivity index (χ2v) is 8.15. The van der Waals surface area contributed by atoms with E-state index in [1.54, 1.807) is 24.3 Å². The summed E-state index contributed by atoms with van der Waals surface area (Å²) in [4.78, 5) is 26.8. The predicted molar refractivity (Wildman–Crippen MR) is 121 cm³/mol. The van der Waals surface area contributed by atoms with Gasteiger partial charge in [-0.15, -0.1) is 0 Å². The summed E-state index contributed by atoms with van der Waals surface area (Å²) in [6, 6.07) is 11.2. The van der Waals surface area contributed by atoms with Crippen molar-refractivity contribution in [3.63, 3.8) is 0 Å². The molecule has 1 aliphatic heterocycles. The summed E-state index contributed by atoms with van der Waals surface area (Å²) in [6.45, 7) is -0.535. The maximum absolute atomic E-state index is 13.7. The molecule has 2 heterocycles. The number of nitriles is 1. The van der Waals surface area contributed by atoms with Crippen molar-refractivity contribution in [3.05, 3.63) is 70.1 Å². The van der Waals surface area contributed by atoms with Gasteiger partial charge in [-0.25, -0.2) is 9.18 Å². The highest BCUT2D eigenvalue weighted by atomic mass is 35.5. The lowest BCUT2D eigenvalue weighted by molar-refractivity contribution is 0.0996. The first-order valence-corrected chi connectivity index (χ1v) is 10.7. The zero-order valence-electron chi connectivity index (χ0n) is 17.8. The van der Waals surface area contributed by atoms with Crippen LogP contribution in [-0.4, -0.2) is 39.8 Å². The van der Waals surface area contributed by atoms with E-state index in [9.17, 15) is 18.4 Å². The van der Waals surface area contributed by atoms with Gasteiger partial charge in [-0.3, -0.25) is 13.9 Å². The number of halogens is 3. The Hall–Kier alpha value is -3.97. The number of nitrogens with one attached hydrogen (secondary N) is 1. The van der Waals surface area contributed by atoms with Crippen LogP contribution in [0.3, 0.4) is 0 Å². The van der Waals surface area contributed by atoms with Crippen molar-refractivity contribution in [2.75, 3.05) is 18.5 Å². The summed E-state index contributed by atoms with van der Waals surface area (Å²) >= 11 is 5.91. The van der Waals surface area contributed by atoms with E-state index in [1.165, 1.54) is 21.7 Å². The molecule has 1 aliphatic rings. The van der Waals surface area contributed by atoms with Crippen molar-refractivity contribution in [2.24, 2.45) is 5.73 Å². The summed E-state index contributed by atoms with van der Waals surface area (Å²) in [5.74, 6) is -1.42. The molecule has 1 aromatic heterocycles. The number of hydrogen-bond donors (Lipinski definition) is 2. The first kappa shape index (κ1) is 23.2. The van der Waals surface area contributed by atoms with Crippen LogP contribution in [-0.2, 0) is 6.54 Å². The average Bonchev–Trinajstić information content (AvgIpc) is 3.21. The average molecular weight is 485 g/mol. The third-order valence-corrected chi connectivity index (χ3v) is 5.85. The quantitative estimate of drug-likeness (QED) is 0.562. The molecule has 0 aliphatic carbocycles. The van der Waals surface area contributed by atoms with Crippen LogP contribution in [0, 0.1) is 17.1 Å². The molecule has 3 N–H and O–H groups in total. The predicted octanol–water partition coefficient (Wildman–Crippen LogP) is 4.26. The lowest BCUT2D eigenvalue weighted by atomic mass is 10.0. The first-order valence-electron chi connectivity index (χ1n) is 10.3. The Kier molecular flexibility index (Phi) is 6.47. The number of nitrogens with two attached hydrogens (primary N) is 1. The molecule has 174 valence electrons. The molecular formula is C23H19ClF2N6O2. The van der Waals surface area contributed by atoms with Gasteiger partial charge in [0.1, 0.15) is 11.5 Å². The fraction of sp³-hybridized carbons (Fsp3) is 0.217. The molecular weight excluding hydrogens is 466 g/mol. The molecule has 4 rings (SSSR count). The van der Waals surface area contributed by atoms with Crippen molar-refractivity contribution in [3.8, 4) is 17.3 Å². The summed E-state index contributed by atoms with van der Waals surface area (Å²) in [6.07, 6.45) is 0.0527. The van der Waals surface area contributed by atoms with Crippen molar-refractivity contribution in [2.45, 2.75) is 19.0 Å². The molecule has 11 heteroatoms. The fourth-order valence-electron chi connectivity index (χ4n) is 3.93. The van der Waals surface area contributed by atoms with Gasteiger partial charge in [0.05, 0.1) is 47.2 Å². The Bertz CT molecular complexity index is 1300. The van der Waals surface area contributed by atoms with Gasteiger partial charge in [0, 0.05) is 17.8 Å². The van der Waals surface area contributed by atoms with E-state index in [0.29, 0.717) is 22.5 Å². The number of fused-ring (bicyclic) bond motifs is 1. The number of carbonyl (C=O) groups excluding carboxylic acids is 2. The van der Waals surface area contributed by atoms with Crippen LogP contribution in [0.15, 0.2) is 42.5 Å². The van der Waals surface area contributed by atoms with Crippen LogP contribution < -0.4 is 11.1 Å². The molecule has 0 saturated heterocycles. The number of benzene rings is 2. The van der Waals surface area contributed by atoms with E-state index >= 15 is 0 Å². The van der Waals surface area contributed by atoms with Crippen LogP contribution in [0.2, 0.25) is 5.02 Å². The molecule has 34 heavy (non-hydrogen) atoms. The topological polar surface area (TPSA) is 117 Å². The summed E-state index contributed by atoms with van der Waals surface area (Å²) in [7, 11) is 0. The second-order valence-electron chi connectivity index (χ2n) is 7.74. The Balaban J connectivity index is 1.70. The van der Waals surface area contributed by atoms with E-state index in [0.717, 1.165) is 6.07 Å². The minimum absolute atomic E-state index is 0.00883. The molecule has 0 bridgehead atoms. The second kappa shape index (κ2) is 9.49. The SMILES string of the molecule is N#Cc1ccc(NC(=O)N2Cc3c(C(N)=O)c(-c4ccc(F)c(Cl)c4)nn3C(CCF)C2)cc1. The number of hydrogen-bond acceptors (Lipinski definition) is 4. The standard InChI is InChI=1S/C23H19ClF2N6O2/c24-17-9-14(3-6-18(17)26)21-20(22(28)33)19-12-31(11-16(7-8-25)32(19)30-21)23(34)29-15-4-1-13(10-27)2-5-15/h1-6,9,16H,7-8,11-12H2,(H2,28,33)(H,29,34). The number of amides is 3. The van der Waals surface area contributed by atoms with E-state index in [4.69, 9.17) is 22.6 Å². The monoisotopic (exact) mass is 484 g/mol. The Morgan fingerprint density at radius 1 is 1.26 bits per heavy atom. The number of carbonyl (C=O) groups is 2. The molecule has 3 aromatic rings. The molecule has 0 radical (unpaired) electrons. The summed E-state index contributed by atoms with van der Waals surface area (Å²) in [5, 5.41) is 16.0. The maximum Gasteiger partial charge on any atom is 0.322 e. The van der Waals surface area contributed by atoms with Crippen LogP contribution in [0.5, 0.6) is 0 Å². The van der Waals surface area contributed by atoms with E-state index in [2.05, 4.69) is 10.4 Å². The van der Waals surface area contributed by atoms with E-state index < -0.39 is 30.5 Å². The van der Waals surface area contributed by atoms with Gasteiger partial charge in [-0.1, -0.05) is 11.6 Å². The maximum atomic E-state index is 13.7. The Morgan fingerprint density at radius 2 is 2.00 bits per heavy atom. The van der Waals surface area contributed by atoms with Gasteiger partial charge in [0.2, 0.25) is 0 Å². The largest absolute Gasteiger partial charge is 0.365 e.